The van der Waals surface area contributed by atoms with E-state index in [1.807, 2.05) is 0 Å². The van der Waals surface area contributed by atoms with E-state index < -0.39 is 0 Å². The van der Waals surface area contributed by atoms with E-state index in [-0.39, 0.29) is 0 Å². The Morgan fingerprint density at radius 2 is 2.50 bits per heavy atom. The second-order valence-electron chi connectivity index (χ2n) is 1.98. The van der Waals surface area contributed by atoms with Crippen molar-refractivity contribution < 1.29 is 9.15 Å². The van der Waals surface area contributed by atoms with Crippen LogP contribution in [0.25, 0.3) is 0 Å². The molecule has 0 unspecified atom stereocenters. The second-order valence-corrected chi connectivity index (χ2v) is 3.48. The molecule has 1 rings (SSSR count). The average molecular weight is 205 g/mol. The summed E-state index contributed by atoms with van der Waals surface area (Å²) in [5.41, 5.74) is 0. The van der Waals surface area contributed by atoms with Gasteiger partial charge in [-0.05, 0) is 0 Å². The highest BCUT2D eigenvalue weighted by Crippen LogP contribution is 2.13. The van der Waals surface area contributed by atoms with Crippen molar-refractivity contribution in [2.24, 2.45) is 0 Å². The SMILES string of the molecule is SCCOCCSc1ncco1. The smallest absolute Gasteiger partial charge is 0.255 e. The predicted octanol–water partition coefficient (Wildman–Crippen LogP) is 1.71. The fraction of sp³-hybridized carbons (Fsp3) is 0.571. The van der Waals surface area contributed by atoms with E-state index in [0.29, 0.717) is 18.4 Å². The quantitative estimate of drug-likeness (QED) is 0.436. The largest absolute Gasteiger partial charge is 0.440 e. The van der Waals surface area contributed by atoms with Crippen LogP contribution in [0, 0.1) is 0 Å². The summed E-state index contributed by atoms with van der Waals surface area (Å²) >= 11 is 5.57. The van der Waals surface area contributed by atoms with Crippen LogP contribution in [0.2, 0.25) is 0 Å². The molecule has 0 spiro atoms. The summed E-state index contributed by atoms with van der Waals surface area (Å²) in [6, 6.07) is 0. The van der Waals surface area contributed by atoms with Gasteiger partial charge in [-0.25, -0.2) is 4.98 Å². The van der Waals surface area contributed by atoms with Gasteiger partial charge in [-0.1, -0.05) is 11.8 Å². The Bertz CT molecular complexity index is 191. The highest BCUT2D eigenvalue weighted by atomic mass is 32.2. The van der Waals surface area contributed by atoms with Gasteiger partial charge in [-0.15, -0.1) is 0 Å². The summed E-state index contributed by atoms with van der Waals surface area (Å²) in [7, 11) is 0. The fourth-order valence-corrected chi connectivity index (χ4v) is 1.40. The number of rotatable bonds is 6. The normalized spacial score (nSPS) is 10.4. The summed E-state index contributed by atoms with van der Waals surface area (Å²) in [4.78, 5) is 3.96. The molecule has 12 heavy (non-hydrogen) atoms. The van der Waals surface area contributed by atoms with Gasteiger partial charge in [0.15, 0.2) is 0 Å². The summed E-state index contributed by atoms with van der Waals surface area (Å²) in [6.07, 6.45) is 3.20. The lowest BCUT2D eigenvalue weighted by atomic mass is 10.8. The fourth-order valence-electron chi connectivity index (χ4n) is 0.636. The first-order chi connectivity index (χ1) is 5.93. The van der Waals surface area contributed by atoms with E-state index in [1.54, 1.807) is 24.2 Å². The second kappa shape index (κ2) is 6.39. The molecule has 0 aromatic carbocycles. The Balaban J connectivity index is 1.96. The average Bonchev–Trinajstić information content (AvgIpc) is 2.57. The van der Waals surface area contributed by atoms with E-state index >= 15 is 0 Å². The number of hydrogen-bond donors (Lipinski definition) is 1. The van der Waals surface area contributed by atoms with Crippen molar-refractivity contribution in [2.45, 2.75) is 5.22 Å². The van der Waals surface area contributed by atoms with Crippen molar-refractivity contribution in [3.63, 3.8) is 0 Å². The van der Waals surface area contributed by atoms with Gasteiger partial charge in [0.2, 0.25) is 0 Å². The zero-order valence-corrected chi connectivity index (χ0v) is 8.31. The van der Waals surface area contributed by atoms with Gasteiger partial charge >= 0.3 is 0 Å². The van der Waals surface area contributed by atoms with Crippen molar-refractivity contribution >= 4 is 24.4 Å². The Hall–Kier alpha value is -0.130. The lowest BCUT2D eigenvalue weighted by Gasteiger charge is -1.98. The van der Waals surface area contributed by atoms with Crippen LogP contribution in [0.15, 0.2) is 22.1 Å². The van der Waals surface area contributed by atoms with Gasteiger partial charge in [-0.2, -0.15) is 12.6 Å². The van der Waals surface area contributed by atoms with Crippen LogP contribution in [-0.2, 0) is 4.74 Å². The van der Waals surface area contributed by atoms with E-state index in [2.05, 4.69) is 17.6 Å². The molecule has 0 bridgehead atoms. The van der Waals surface area contributed by atoms with Gasteiger partial charge in [-0.3, -0.25) is 0 Å². The van der Waals surface area contributed by atoms with Crippen molar-refractivity contribution in [3.05, 3.63) is 12.5 Å². The topological polar surface area (TPSA) is 35.3 Å². The molecule has 1 aromatic heterocycles. The molecule has 0 aliphatic rings. The summed E-state index contributed by atoms with van der Waals surface area (Å²) in [5.74, 6) is 1.64. The van der Waals surface area contributed by atoms with Crippen molar-refractivity contribution in [1.82, 2.24) is 4.98 Å². The highest BCUT2D eigenvalue weighted by molar-refractivity contribution is 7.99. The van der Waals surface area contributed by atoms with E-state index in [1.165, 1.54) is 0 Å². The number of oxazole rings is 1. The lowest BCUT2D eigenvalue weighted by Crippen LogP contribution is -1.99. The summed E-state index contributed by atoms with van der Waals surface area (Å²) in [5, 5.41) is 0.699. The molecule has 0 saturated heterocycles. The Morgan fingerprint density at radius 3 is 3.17 bits per heavy atom. The van der Waals surface area contributed by atoms with Crippen LogP contribution < -0.4 is 0 Å². The van der Waals surface area contributed by atoms with Gasteiger partial charge in [0, 0.05) is 11.5 Å². The number of nitrogens with zero attached hydrogens (tertiary/aromatic N) is 1. The van der Waals surface area contributed by atoms with Gasteiger partial charge in [0.25, 0.3) is 5.22 Å². The van der Waals surface area contributed by atoms with E-state index in [9.17, 15) is 0 Å². The molecule has 1 heterocycles. The first-order valence-electron chi connectivity index (χ1n) is 3.64. The molecule has 0 N–H and O–H groups in total. The first-order valence-corrected chi connectivity index (χ1v) is 5.26. The zero-order chi connectivity index (χ0) is 8.65. The third-order valence-electron chi connectivity index (χ3n) is 1.10. The lowest BCUT2D eigenvalue weighted by molar-refractivity contribution is 0.167. The number of thiol groups is 1. The monoisotopic (exact) mass is 205 g/mol. The summed E-state index contributed by atoms with van der Waals surface area (Å²) < 4.78 is 10.2. The van der Waals surface area contributed by atoms with Crippen molar-refractivity contribution in [1.29, 1.82) is 0 Å². The third-order valence-corrected chi connectivity index (χ3v) is 2.10. The van der Waals surface area contributed by atoms with Crippen LogP contribution in [0.5, 0.6) is 0 Å². The number of ether oxygens (including phenoxy) is 1. The minimum absolute atomic E-state index is 0.699. The van der Waals surface area contributed by atoms with Crippen molar-refractivity contribution in [3.8, 4) is 0 Å². The molecule has 0 radical (unpaired) electrons. The van der Waals surface area contributed by atoms with Crippen LogP contribution in [0.1, 0.15) is 0 Å². The molecule has 0 saturated carbocycles. The Labute approximate surface area is 81.3 Å². The molecular formula is C7H11NO2S2. The molecular weight excluding hydrogens is 194 g/mol. The molecule has 0 fully saturated rings. The molecule has 0 amide bonds. The van der Waals surface area contributed by atoms with Crippen LogP contribution in [0.3, 0.4) is 0 Å². The number of hydrogen-bond acceptors (Lipinski definition) is 5. The maximum Gasteiger partial charge on any atom is 0.255 e. The Morgan fingerprint density at radius 1 is 1.58 bits per heavy atom. The van der Waals surface area contributed by atoms with Gasteiger partial charge in [0.05, 0.1) is 19.4 Å². The zero-order valence-electron chi connectivity index (χ0n) is 6.60. The molecule has 68 valence electrons. The Kier molecular flexibility index (Phi) is 5.30. The standard InChI is InChI=1S/C7H11NO2S2/c11-5-3-9-4-6-12-7-8-1-2-10-7/h1-2,11H,3-6H2. The minimum atomic E-state index is 0.699. The highest BCUT2D eigenvalue weighted by Gasteiger charge is 1.96. The molecule has 0 atom stereocenters. The minimum Gasteiger partial charge on any atom is -0.440 e. The first kappa shape index (κ1) is 9.95. The maximum absolute atomic E-state index is 5.21. The predicted molar refractivity (Wildman–Crippen MR) is 51.9 cm³/mol. The maximum atomic E-state index is 5.21. The molecule has 0 aliphatic carbocycles. The molecule has 3 nitrogen and oxygen atoms in total. The van der Waals surface area contributed by atoms with E-state index in [0.717, 1.165) is 11.5 Å². The number of aromatic nitrogens is 1. The number of thioether (sulfide) groups is 1. The van der Waals surface area contributed by atoms with Gasteiger partial charge in [0.1, 0.15) is 6.26 Å². The third kappa shape index (κ3) is 4.04. The summed E-state index contributed by atoms with van der Waals surface area (Å²) in [6.45, 7) is 1.42. The molecule has 1 aromatic rings. The van der Waals surface area contributed by atoms with Crippen LogP contribution in [-0.4, -0.2) is 29.7 Å². The van der Waals surface area contributed by atoms with Crippen LogP contribution in [0.4, 0.5) is 0 Å². The van der Waals surface area contributed by atoms with Gasteiger partial charge < -0.3 is 9.15 Å². The molecule has 0 aliphatic heterocycles. The van der Waals surface area contributed by atoms with Crippen LogP contribution >= 0.6 is 24.4 Å². The van der Waals surface area contributed by atoms with E-state index in [4.69, 9.17) is 9.15 Å². The molecule has 5 heteroatoms. The van der Waals surface area contributed by atoms with Crippen molar-refractivity contribution in [2.75, 3.05) is 24.7 Å².